The molecule has 1 saturated carbocycles. The van der Waals surface area contributed by atoms with E-state index in [0.717, 1.165) is 24.0 Å². The molecule has 1 aliphatic carbocycles. The van der Waals surface area contributed by atoms with Gasteiger partial charge in [0.25, 0.3) is 0 Å². The van der Waals surface area contributed by atoms with E-state index in [1.54, 1.807) is 0 Å². The minimum atomic E-state index is 0.728. The van der Waals surface area contributed by atoms with Crippen LogP contribution in [0.4, 0.5) is 0 Å². The number of benzene rings is 1. The summed E-state index contributed by atoms with van der Waals surface area (Å²) in [5.74, 6) is 1.71. The summed E-state index contributed by atoms with van der Waals surface area (Å²) in [6.45, 7) is 4.49. The fourth-order valence-electron chi connectivity index (χ4n) is 4.20. The van der Waals surface area contributed by atoms with Crippen LogP contribution in [0.2, 0.25) is 0 Å². The maximum atomic E-state index is 4.76. The van der Waals surface area contributed by atoms with Crippen molar-refractivity contribution in [2.75, 3.05) is 0 Å². The maximum absolute atomic E-state index is 4.76. The molecule has 25 heavy (non-hydrogen) atoms. The highest BCUT2D eigenvalue weighted by Gasteiger charge is 2.22. The molecule has 1 heteroatoms. The lowest BCUT2D eigenvalue weighted by molar-refractivity contribution is 0.302. The standard InChI is InChI=1S/C24H33N/c1-3-5-6-7-20-10-12-21(13-11-20)23-16-17-24(25-18-23)22-14-8-19(4-2)9-15-22/h8-9,14-18,20-21H,3-7,10-13H2,1-2H3. The van der Waals surface area contributed by atoms with Crippen LogP contribution in [0.3, 0.4) is 0 Å². The molecule has 0 bridgehead atoms. The van der Waals surface area contributed by atoms with Crippen LogP contribution in [0.1, 0.15) is 82.3 Å². The molecule has 1 aromatic heterocycles. The molecular formula is C24H33N. The van der Waals surface area contributed by atoms with Gasteiger partial charge in [-0.15, -0.1) is 0 Å². The van der Waals surface area contributed by atoms with Crippen LogP contribution >= 0.6 is 0 Å². The molecule has 1 nitrogen and oxygen atoms in total. The number of aryl methyl sites for hydroxylation is 1. The number of hydrogen-bond acceptors (Lipinski definition) is 1. The van der Waals surface area contributed by atoms with Gasteiger partial charge in [0.05, 0.1) is 5.69 Å². The fraction of sp³-hybridized carbons (Fsp3) is 0.542. The first-order valence-corrected chi connectivity index (χ1v) is 10.4. The van der Waals surface area contributed by atoms with E-state index in [-0.39, 0.29) is 0 Å². The van der Waals surface area contributed by atoms with Gasteiger partial charge in [0.1, 0.15) is 0 Å². The topological polar surface area (TPSA) is 12.9 Å². The van der Waals surface area contributed by atoms with Crippen LogP contribution in [0.5, 0.6) is 0 Å². The molecule has 0 atom stereocenters. The summed E-state index contributed by atoms with van der Waals surface area (Å²) >= 11 is 0. The molecule has 0 spiro atoms. The quantitative estimate of drug-likeness (QED) is 0.489. The molecule has 0 radical (unpaired) electrons. The van der Waals surface area contributed by atoms with Crippen molar-refractivity contribution in [2.24, 2.45) is 5.92 Å². The van der Waals surface area contributed by atoms with Crippen LogP contribution in [0.25, 0.3) is 11.3 Å². The molecule has 2 aromatic rings. The number of nitrogens with zero attached hydrogens (tertiary/aromatic N) is 1. The Balaban J connectivity index is 1.56. The summed E-state index contributed by atoms with van der Waals surface area (Å²) < 4.78 is 0. The van der Waals surface area contributed by atoms with Crippen molar-refractivity contribution in [1.82, 2.24) is 4.98 Å². The van der Waals surface area contributed by atoms with E-state index >= 15 is 0 Å². The van der Waals surface area contributed by atoms with Gasteiger partial charge in [-0.3, -0.25) is 4.98 Å². The third-order valence-corrected chi connectivity index (χ3v) is 5.98. The normalized spacial score (nSPS) is 20.6. The number of unbranched alkanes of at least 4 members (excludes halogenated alkanes) is 2. The Labute approximate surface area is 153 Å². The monoisotopic (exact) mass is 335 g/mol. The van der Waals surface area contributed by atoms with E-state index in [2.05, 4.69) is 56.4 Å². The predicted molar refractivity (Wildman–Crippen MR) is 108 cm³/mol. The van der Waals surface area contributed by atoms with E-state index in [1.807, 2.05) is 0 Å². The van der Waals surface area contributed by atoms with Gasteiger partial charge in [0.2, 0.25) is 0 Å². The zero-order valence-corrected chi connectivity index (χ0v) is 16.0. The maximum Gasteiger partial charge on any atom is 0.0702 e. The molecular weight excluding hydrogens is 302 g/mol. The molecule has 1 aromatic carbocycles. The van der Waals surface area contributed by atoms with E-state index in [9.17, 15) is 0 Å². The molecule has 3 rings (SSSR count). The Morgan fingerprint density at radius 1 is 0.880 bits per heavy atom. The SMILES string of the molecule is CCCCCC1CCC(c2ccc(-c3ccc(CC)cc3)nc2)CC1. The van der Waals surface area contributed by atoms with E-state index in [4.69, 9.17) is 4.98 Å². The van der Waals surface area contributed by atoms with Crippen molar-refractivity contribution in [1.29, 1.82) is 0 Å². The van der Waals surface area contributed by atoms with Gasteiger partial charge in [-0.2, -0.15) is 0 Å². The van der Waals surface area contributed by atoms with E-state index in [0.29, 0.717) is 0 Å². The molecule has 134 valence electrons. The van der Waals surface area contributed by atoms with Crippen LogP contribution in [-0.4, -0.2) is 4.98 Å². The van der Waals surface area contributed by atoms with Crippen molar-refractivity contribution in [3.05, 3.63) is 53.7 Å². The lowest BCUT2D eigenvalue weighted by Crippen LogP contribution is -2.13. The zero-order chi connectivity index (χ0) is 17.5. The summed E-state index contributed by atoms with van der Waals surface area (Å²) in [6, 6.07) is 13.3. The van der Waals surface area contributed by atoms with Gasteiger partial charge in [-0.05, 0) is 61.1 Å². The van der Waals surface area contributed by atoms with Crippen molar-refractivity contribution >= 4 is 0 Å². The van der Waals surface area contributed by atoms with Crippen molar-refractivity contribution in [3.63, 3.8) is 0 Å². The smallest absolute Gasteiger partial charge is 0.0702 e. The fourth-order valence-corrected chi connectivity index (χ4v) is 4.20. The summed E-state index contributed by atoms with van der Waals surface area (Å²) in [6.07, 6.45) is 14.4. The Morgan fingerprint density at radius 3 is 2.24 bits per heavy atom. The highest BCUT2D eigenvalue weighted by atomic mass is 14.7. The largest absolute Gasteiger partial charge is 0.256 e. The van der Waals surface area contributed by atoms with Crippen molar-refractivity contribution < 1.29 is 0 Å². The average molecular weight is 336 g/mol. The predicted octanol–water partition coefficient (Wildman–Crippen LogP) is 7.17. The molecule has 0 saturated heterocycles. The molecule has 0 aliphatic heterocycles. The Kier molecular flexibility index (Phi) is 6.67. The van der Waals surface area contributed by atoms with E-state index in [1.165, 1.54) is 68.1 Å². The molecule has 1 aliphatic rings. The van der Waals surface area contributed by atoms with Crippen LogP contribution in [0, 0.1) is 5.92 Å². The average Bonchev–Trinajstić information content (AvgIpc) is 2.69. The first-order chi connectivity index (χ1) is 12.3. The molecule has 0 unspecified atom stereocenters. The third-order valence-electron chi connectivity index (χ3n) is 5.98. The van der Waals surface area contributed by atoms with Crippen LogP contribution < -0.4 is 0 Å². The van der Waals surface area contributed by atoms with Crippen molar-refractivity contribution in [2.45, 2.75) is 77.6 Å². The lowest BCUT2D eigenvalue weighted by Gasteiger charge is -2.28. The minimum absolute atomic E-state index is 0.728. The summed E-state index contributed by atoms with van der Waals surface area (Å²) in [5.41, 5.74) is 5.15. The second-order valence-electron chi connectivity index (χ2n) is 7.74. The van der Waals surface area contributed by atoms with Crippen molar-refractivity contribution in [3.8, 4) is 11.3 Å². The second kappa shape index (κ2) is 9.17. The summed E-state index contributed by atoms with van der Waals surface area (Å²) in [7, 11) is 0. The number of pyridine rings is 1. The highest BCUT2D eigenvalue weighted by Crippen LogP contribution is 2.37. The lowest BCUT2D eigenvalue weighted by atomic mass is 9.77. The van der Waals surface area contributed by atoms with Crippen LogP contribution in [0.15, 0.2) is 42.6 Å². The Hall–Kier alpha value is -1.63. The molecule has 0 amide bonds. The Bertz CT molecular complexity index is 618. The first-order valence-electron chi connectivity index (χ1n) is 10.4. The van der Waals surface area contributed by atoms with Gasteiger partial charge in [-0.1, -0.05) is 69.9 Å². The molecule has 1 heterocycles. The summed E-state index contributed by atoms with van der Waals surface area (Å²) in [5, 5.41) is 0. The highest BCUT2D eigenvalue weighted by molar-refractivity contribution is 5.59. The van der Waals surface area contributed by atoms with Gasteiger partial charge in [0.15, 0.2) is 0 Å². The molecule has 1 fully saturated rings. The third kappa shape index (κ3) is 4.93. The van der Waals surface area contributed by atoms with Gasteiger partial charge >= 0.3 is 0 Å². The zero-order valence-electron chi connectivity index (χ0n) is 16.0. The van der Waals surface area contributed by atoms with Gasteiger partial charge < -0.3 is 0 Å². The van der Waals surface area contributed by atoms with Gasteiger partial charge in [-0.25, -0.2) is 0 Å². The number of rotatable bonds is 7. The minimum Gasteiger partial charge on any atom is -0.256 e. The Morgan fingerprint density at radius 2 is 1.64 bits per heavy atom. The number of aromatic nitrogens is 1. The van der Waals surface area contributed by atoms with Crippen LogP contribution in [-0.2, 0) is 6.42 Å². The summed E-state index contributed by atoms with van der Waals surface area (Å²) in [4.78, 5) is 4.76. The van der Waals surface area contributed by atoms with Gasteiger partial charge in [0, 0.05) is 11.8 Å². The molecule has 0 N–H and O–H groups in total. The second-order valence-corrected chi connectivity index (χ2v) is 7.74. The number of hydrogen-bond donors (Lipinski definition) is 0. The van der Waals surface area contributed by atoms with E-state index < -0.39 is 0 Å². The first kappa shape index (κ1) is 18.2.